The minimum Gasteiger partial charge on any atom is -0.508 e. The lowest BCUT2D eigenvalue weighted by molar-refractivity contribution is -0.121. The predicted octanol–water partition coefficient (Wildman–Crippen LogP) is 3.77. The largest absolute Gasteiger partial charge is 0.508 e. The molecule has 0 atom stereocenters. The van der Waals surface area contributed by atoms with Gasteiger partial charge in [0, 0.05) is 29.6 Å². The molecule has 1 aliphatic carbocycles. The van der Waals surface area contributed by atoms with Gasteiger partial charge in [-0.15, -0.1) is 0 Å². The lowest BCUT2D eigenvalue weighted by Gasteiger charge is -2.15. The molecule has 1 amide bonds. The normalized spacial score (nSPS) is 13.8. The predicted molar refractivity (Wildman–Crippen MR) is 107 cm³/mol. The van der Waals surface area contributed by atoms with Crippen molar-refractivity contribution >= 4 is 23.0 Å². The van der Waals surface area contributed by atoms with Gasteiger partial charge >= 0.3 is 0 Å². The molecule has 0 fully saturated rings. The van der Waals surface area contributed by atoms with E-state index in [9.17, 15) is 9.90 Å². The van der Waals surface area contributed by atoms with Crippen LogP contribution in [0.15, 0.2) is 53.6 Å². The van der Waals surface area contributed by atoms with Crippen LogP contribution >= 0.6 is 0 Å². The van der Waals surface area contributed by atoms with Crippen molar-refractivity contribution < 1.29 is 9.90 Å². The average Bonchev–Trinajstić information content (AvgIpc) is 3.00. The number of carbonyl (C=O) groups is 1. The van der Waals surface area contributed by atoms with E-state index in [2.05, 4.69) is 39.4 Å². The highest BCUT2D eigenvalue weighted by molar-refractivity contribution is 5.86. The van der Waals surface area contributed by atoms with Crippen LogP contribution in [-0.2, 0) is 24.2 Å². The zero-order valence-electron chi connectivity index (χ0n) is 15.2. The third-order valence-electron chi connectivity index (χ3n) is 5.12. The number of aromatic nitrogens is 1. The van der Waals surface area contributed by atoms with Gasteiger partial charge in [-0.3, -0.25) is 4.79 Å². The maximum absolute atomic E-state index is 12.2. The number of hydrazone groups is 1. The van der Waals surface area contributed by atoms with Gasteiger partial charge in [0.15, 0.2) is 0 Å². The Balaban J connectivity index is 1.43. The number of para-hydroxylation sites is 1. The Hall–Kier alpha value is -3.08. The highest BCUT2D eigenvalue weighted by atomic mass is 16.3. The molecule has 0 unspecified atom stereocenters. The summed E-state index contributed by atoms with van der Waals surface area (Å²) < 4.78 is 2.31. The Bertz CT molecular complexity index is 1000. The van der Waals surface area contributed by atoms with Crippen LogP contribution < -0.4 is 5.43 Å². The molecule has 0 saturated carbocycles. The molecule has 5 nitrogen and oxygen atoms in total. The van der Waals surface area contributed by atoms with Gasteiger partial charge in [0.25, 0.3) is 0 Å². The fraction of sp³-hybridized carbons (Fsp3) is 0.273. The molecule has 27 heavy (non-hydrogen) atoms. The Kier molecular flexibility index (Phi) is 4.92. The third kappa shape index (κ3) is 3.72. The van der Waals surface area contributed by atoms with E-state index >= 15 is 0 Å². The van der Waals surface area contributed by atoms with Gasteiger partial charge in [-0.05, 0) is 55.0 Å². The molecule has 2 N–H and O–H groups in total. The van der Waals surface area contributed by atoms with Gasteiger partial charge in [-0.1, -0.05) is 30.3 Å². The number of hydrogen-bond acceptors (Lipinski definition) is 3. The van der Waals surface area contributed by atoms with Crippen molar-refractivity contribution in [2.75, 3.05) is 0 Å². The molecular weight excluding hydrogens is 338 g/mol. The SMILES string of the molecule is O=C(CCn1c2c(c3ccccc31)CCCC2)N/N=C\c1cccc(O)c1. The molecule has 1 heterocycles. The second kappa shape index (κ2) is 7.66. The number of carbonyl (C=O) groups excluding carboxylic acids is 1. The molecule has 4 rings (SSSR count). The van der Waals surface area contributed by atoms with E-state index < -0.39 is 0 Å². The van der Waals surface area contributed by atoms with Crippen LogP contribution in [-0.4, -0.2) is 21.8 Å². The van der Waals surface area contributed by atoms with Crippen LogP contribution in [0.1, 0.15) is 36.1 Å². The monoisotopic (exact) mass is 361 g/mol. The average molecular weight is 361 g/mol. The number of nitrogens with one attached hydrogen (secondary N) is 1. The highest BCUT2D eigenvalue weighted by Crippen LogP contribution is 2.32. The molecule has 2 aromatic carbocycles. The Morgan fingerprint density at radius 2 is 2.00 bits per heavy atom. The number of amides is 1. The summed E-state index contributed by atoms with van der Waals surface area (Å²) in [5, 5.41) is 14.8. The van der Waals surface area contributed by atoms with Crippen LogP contribution in [0, 0.1) is 0 Å². The van der Waals surface area contributed by atoms with Crippen molar-refractivity contribution in [2.24, 2.45) is 5.10 Å². The third-order valence-corrected chi connectivity index (χ3v) is 5.12. The first-order valence-corrected chi connectivity index (χ1v) is 9.42. The minimum absolute atomic E-state index is 0.117. The fourth-order valence-electron chi connectivity index (χ4n) is 3.90. The molecular formula is C22H23N3O2. The Morgan fingerprint density at radius 3 is 2.89 bits per heavy atom. The van der Waals surface area contributed by atoms with Crippen molar-refractivity contribution in [2.45, 2.75) is 38.6 Å². The number of aryl methyl sites for hydroxylation is 2. The maximum Gasteiger partial charge on any atom is 0.241 e. The molecule has 138 valence electrons. The van der Waals surface area contributed by atoms with E-state index in [1.165, 1.54) is 41.2 Å². The van der Waals surface area contributed by atoms with E-state index in [-0.39, 0.29) is 11.7 Å². The lowest BCUT2D eigenvalue weighted by Crippen LogP contribution is -2.20. The summed E-state index contributed by atoms with van der Waals surface area (Å²) in [7, 11) is 0. The molecule has 3 aromatic rings. The molecule has 1 aromatic heterocycles. The molecule has 0 bridgehead atoms. The molecule has 0 spiro atoms. The van der Waals surface area contributed by atoms with Crippen LogP contribution in [0.25, 0.3) is 10.9 Å². The van der Waals surface area contributed by atoms with E-state index in [1.807, 2.05) is 6.07 Å². The fourth-order valence-corrected chi connectivity index (χ4v) is 3.90. The van der Waals surface area contributed by atoms with Gasteiger partial charge in [0.1, 0.15) is 5.75 Å². The second-order valence-corrected chi connectivity index (χ2v) is 6.94. The highest BCUT2D eigenvalue weighted by Gasteiger charge is 2.19. The number of rotatable bonds is 5. The quantitative estimate of drug-likeness (QED) is 0.537. The Morgan fingerprint density at radius 1 is 1.15 bits per heavy atom. The van der Waals surface area contributed by atoms with Crippen LogP contribution in [0.3, 0.4) is 0 Å². The second-order valence-electron chi connectivity index (χ2n) is 6.94. The van der Waals surface area contributed by atoms with Crippen molar-refractivity contribution in [3.05, 3.63) is 65.4 Å². The summed E-state index contributed by atoms with van der Waals surface area (Å²) in [4.78, 5) is 12.2. The van der Waals surface area contributed by atoms with E-state index in [4.69, 9.17) is 0 Å². The first-order chi connectivity index (χ1) is 13.2. The zero-order valence-corrected chi connectivity index (χ0v) is 15.2. The number of fused-ring (bicyclic) bond motifs is 3. The van der Waals surface area contributed by atoms with Crippen molar-refractivity contribution in [3.8, 4) is 5.75 Å². The summed E-state index contributed by atoms with van der Waals surface area (Å²) >= 11 is 0. The number of phenolic OH excluding ortho intramolecular Hbond substituents is 1. The van der Waals surface area contributed by atoms with Gasteiger partial charge in [-0.25, -0.2) is 5.43 Å². The van der Waals surface area contributed by atoms with Crippen molar-refractivity contribution in [3.63, 3.8) is 0 Å². The number of nitrogens with zero attached hydrogens (tertiary/aromatic N) is 2. The summed E-state index contributed by atoms with van der Waals surface area (Å²) in [6, 6.07) is 15.2. The zero-order chi connectivity index (χ0) is 18.6. The standard InChI is InChI=1S/C22H23N3O2/c26-17-7-5-6-16(14-17)15-23-24-22(27)12-13-25-20-10-3-1-8-18(20)19-9-2-4-11-21(19)25/h1,3,5-8,10,14-15,26H,2,4,9,11-13H2,(H,24,27)/b23-15-. The van der Waals surface area contributed by atoms with E-state index in [0.717, 1.165) is 18.4 Å². The minimum atomic E-state index is -0.117. The lowest BCUT2D eigenvalue weighted by atomic mass is 9.95. The smallest absolute Gasteiger partial charge is 0.241 e. The number of benzene rings is 2. The number of aromatic hydroxyl groups is 1. The van der Waals surface area contributed by atoms with Crippen molar-refractivity contribution in [1.29, 1.82) is 0 Å². The maximum atomic E-state index is 12.2. The topological polar surface area (TPSA) is 66.6 Å². The van der Waals surface area contributed by atoms with Gasteiger partial charge in [0.2, 0.25) is 5.91 Å². The first kappa shape index (κ1) is 17.3. The van der Waals surface area contributed by atoms with E-state index in [0.29, 0.717) is 13.0 Å². The molecule has 5 heteroatoms. The summed E-state index contributed by atoms with van der Waals surface area (Å²) in [5.41, 5.74) is 7.38. The van der Waals surface area contributed by atoms with Crippen LogP contribution in [0.4, 0.5) is 0 Å². The summed E-state index contributed by atoms with van der Waals surface area (Å²) in [6.07, 6.45) is 6.58. The number of hydrogen-bond donors (Lipinski definition) is 2. The molecule has 0 aliphatic heterocycles. The van der Waals surface area contributed by atoms with Gasteiger partial charge < -0.3 is 9.67 Å². The first-order valence-electron chi connectivity index (χ1n) is 9.42. The van der Waals surface area contributed by atoms with Gasteiger partial charge in [-0.2, -0.15) is 5.10 Å². The summed E-state index contributed by atoms with van der Waals surface area (Å²) in [5.74, 6) is 0.0586. The van der Waals surface area contributed by atoms with Crippen LogP contribution in [0.2, 0.25) is 0 Å². The van der Waals surface area contributed by atoms with E-state index in [1.54, 1.807) is 18.2 Å². The molecule has 0 saturated heterocycles. The molecule has 0 radical (unpaired) electrons. The number of phenols is 1. The summed E-state index contributed by atoms with van der Waals surface area (Å²) in [6.45, 7) is 0.656. The molecule has 1 aliphatic rings. The Labute approximate surface area is 158 Å². The van der Waals surface area contributed by atoms with Crippen LogP contribution in [0.5, 0.6) is 5.75 Å². The van der Waals surface area contributed by atoms with Gasteiger partial charge in [0.05, 0.1) is 6.21 Å². The van der Waals surface area contributed by atoms with Crippen molar-refractivity contribution in [1.82, 2.24) is 9.99 Å².